The van der Waals surface area contributed by atoms with Gasteiger partial charge in [-0.15, -0.1) is 0 Å². The molecule has 0 atom stereocenters. The summed E-state index contributed by atoms with van der Waals surface area (Å²) in [5, 5.41) is 0. The molecule has 0 saturated heterocycles. The molecule has 0 spiro atoms. The number of unbranched alkanes of at least 4 members (excludes halogenated alkanes) is 20. The van der Waals surface area contributed by atoms with Crippen LogP contribution < -0.4 is 0 Å². The lowest BCUT2D eigenvalue weighted by Crippen LogP contribution is -2.55. The lowest BCUT2D eigenvalue weighted by molar-refractivity contribution is 0.00161. The Kier molecular flexibility index (Phi) is 24.0. The Labute approximate surface area is 231 Å². The first-order chi connectivity index (χ1) is 17.3. The highest BCUT2D eigenvalue weighted by Gasteiger charge is 2.36. The van der Waals surface area contributed by atoms with Gasteiger partial charge in [0, 0.05) is 11.1 Å². The lowest BCUT2D eigenvalue weighted by Gasteiger charge is -2.49. The highest BCUT2D eigenvalue weighted by molar-refractivity contribution is 4.92. The molecule has 0 rings (SSSR count). The van der Waals surface area contributed by atoms with E-state index >= 15 is 0 Å². The van der Waals surface area contributed by atoms with E-state index in [1.807, 2.05) is 0 Å². The molecule has 0 radical (unpaired) electrons. The third kappa shape index (κ3) is 20.0. The summed E-state index contributed by atoms with van der Waals surface area (Å²) in [4.78, 5) is 2.93. The van der Waals surface area contributed by atoms with Gasteiger partial charge in [0.2, 0.25) is 0 Å². The maximum Gasteiger partial charge on any atom is 0.0158 e. The summed E-state index contributed by atoms with van der Waals surface area (Å²) >= 11 is 0. The van der Waals surface area contributed by atoms with Gasteiger partial charge in [0.1, 0.15) is 0 Å². The Hall–Kier alpha value is -0.0400. The minimum atomic E-state index is 0.315. The van der Waals surface area contributed by atoms with E-state index in [4.69, 9.17) is 0 Å². The van der Waals surface area contributed by atoms with Gasteiger partial charge in [-0.3, -0.25) is 4.90 Å². The standard InChI is InChI=1S/C35H73N/c1-8-11-14-16-18-20-22-24-26-28-31-34(4,5)36(33-30-13-10-3)35(6,7)32-29-27-25-23-21-19-17-15-12-9-2/h8-33H2,1-7H3. The van der Waals surface area contributed by atoms with Gasteiger partial charge in [0.15, 0.2) is 0 Å². The van der Waals surface area contributed by atoms with Crippen LogP contribution >= 0.6 is 0 Å². The van der Waals surface area contributed by atoms with Crippen LogP contribution in [0.2, 0.25) is 0 Å². The van der Waals surface area contributed by atoms with E-state index in [2.05, 4.69) is 53.4 Å². The Balaban J connectivity index is 4.35. The van der Waals surface area contributed by atoms with Crippen LogP contribution in [0.4, 0.5) is 0 Å². The molecule has 0 amide bonds. The number of nitrogens with zero attached hydrogens (tertiary/aromatic N) is 1. The minimum absolute atomic E-state index is 0.315. The zero-order chi connectivity index (χ0) is 27.0. The van der Waals surface area contributed by atoms with E-state index < -0.39 is 0 Å². The number of hydrogen-bond acceptors (Lipinski definition) is 1. The fraction of sp³-hybridized carbons (Fsp3) is 1.00. The van der Waals surface area contributed by atoms with E-state index in [1.54, 1.807) is 0 Å². The summed E-state index contributed by atoms with van der Waals surface area (Å²) in [7, 11) is 0. The average Bonchev–Trinajstić information content (AvgIpc) is 2.83. The summed E-state index contributed by atoms with van der Waals surface area (Å²) < 4.78 is 0. The molecule has 0 aliphatic heterocycles. The molecule has 0 aromatic heterocycles. The molecule has 0 aliphatic carbocycles. The molecule has 0 aromatic carbocycles. The van der Waals surface area contributed by atoms with Gasteiger partial charge in [-0.05, 0) is 53.5 Å². The fourth-order valence-electron chi connectivity index (χ4n) is 6.30. The van der Waals surface area contributed by atoms with Gasteiger partial charge in [-0.2, -0.15) is 0 Å². The Bertz CT molecular complexity index is 402. The van der Waals surface area contributed by atoms with Crippen LogP contribution in [0.5, 0.6) is 0 Å². The van der Waals surface area contributed by atoms with Crippen LogP contribution in [-0.4, -0.2) is 22.5 Å². The molecule has 0 fully saturated rings. The predicted molar refractivity (Wildman–Crippen MR) is 167 cm³/mol. The van der Waals surface area contributed by atoms with Crippen molar-refractivity contribution in [1.82, 2.24) is 4.90 Å². The molecule has 0 unspecified atom stereocenters. The van der Waals surface area contributed by atoms with Gasteiger partial charge in [-0.25, -0.2) is 0 Å². The van der Waals surface area contributed by atoms with E-state index in [0.29, 0.717) is 11.1 Å². The molecule has 36 heavy (non-hydrogen) atoms. The van der Waals surface area contributed by atoms with E-state index in [-0.39, 0.29) is 0 Å². The smallest absolute Gasteiger partial charge is 0.0158 e. The van der Waals surface area contributed by atoms with Gasteiger partial charge in [-0.1, -0.05) is 162 Å². The fourth-order valence-corrected chi connectivity index (χ4v) is 6.30. The molecule has 0 saturated carbocycles. The first-order valence-electron chi connectivity index (χ1n) is 17.1. The zero-order valence-electron chi connectivity index (χ0n) is 26.8. The average molecular weight is 508 g/mol. The van der Waals surface area contributed by atoms with Gasteiger partial charge in [0.05, 0.1) is 0 Å². The topological polar surface area (TPSA) is 3.24 Å². The highest BCUT2D eigenvalue weighted by Crippen LogP contribution is 2.34. The van der Waals surface area contributed by atoms with Crippen LogP contribution in [0.15, 0.2) is 0 Å². The number of hydrogen-bond donors (Lipinski definition) is 0. The Morgan fingerprint density at radius 2 is 0.583 bits per heavy atom. The van der Waals surface area contributed by atoms with E-state index in [0.717, 1.165) is 0 Å². The van der Waals surface area contributed by atoms with Crippen LogP contribution in [0.3, 0.4) is 0 Å². The second-order valence-corrected chi connectivity index (χ2v) is 13.3. The molecule has 0 heterocycles. The molecule has 0 N–H and O–H groups in total. The van der Waals surface area contributed by atoms with Crippen molar-refractivity contribution in [1.29, 1.82) is 0 Å². The zero-order valence-corrected chi connectivity index (χ0v) is 26.8. The van der Waals surface area contributed by atoms with Crippen molar-refractivity contribution in [2.75, 3.05) is 6.54 Å². The molecular formula is C35H73N. The summed E-state index contributed by atoms with van der Waals surface area (Å²) in [6, 6.07) is 0. The van der Waals surface area contributed by atoms with Gasteiger partial charge in [0.25, 0.3) is 0 Å². The van der Waals surface area contributed by atoms with Crippen LogP contribution in [0, 0.1) is 0 Å². The second-order valence-electron chi connectivity index (χ2n) is 13.3. The normalized spacial score (nSPS) is 12.7. The SMILES string of the molecule is CCCCCCCCCCCCC(C)(C)N(CCCCC)C(C)(C)CCCCCCCCCCCC. The molecule has 0 bridgehead atoms. The maximum absolute atomic E-state index is 2.93. The first kappa shape index (κ1) is 36.0. The van der Waals surface area contributed by atoms with Crippen molar-refractivity contribution in [2.24, 2.45) is 0 Å². The molecule has 218 valence electrons. The van der Waals surface area contributed by atoms with Crippen molar-refractivity contribution in [3.63, 3.8) is 0 Å². The van der Waals surface area contributed by atoms with Crippen molar-refractivity contribution < 1.29 is 0 Å². The number of rotatable bonds is 28. The monoisotopic (exact) mass is 508 g/mol. The van der Waals surface area contributed by atoms with Crippen molar-refractivity contribution in [3.05, 3.63) is 0 Å². The van der Waals surface area contributed by atoms with Crippen LogP contribution in [0.1, 0.15) is 209 Å². The van der Waals surface area contributed by atoms with Crippen molar-refractivity contribution >= 4 is 0 Å². The molecule has 1 nitrogen and oxygen atoms in total. The van der Waals surface area contributed by atoms with E-state index in [9.17, 15) is 0 Å². The maximum atomic E-state index is 2.93. The molecule has 0 aromatic rings. The van der Waals surface area contributed by atoms with Crippen molar-refractivity contribution in [3.8, 4) is 0 Å². The molecular weight excluding hydrogens is 434 g/mol. The lowest BCUT2D eigenvalue weighted by atomic mass is 9.85. The molecule has 1 heteroatoms. The van der Waals surface area contributed by atoms with Crippen LogP contribution in [0.25, 0.3) is 0 Å². The largest absolute Gasteiger partial charge is 0.293 e. The summed E-state index contributed by atoms with van der Waals surface area (Å²) in [5.41, 5.74) is 0.631. The Morgan fingerprint density at radius 3 is 0.889 bits per heavy atom. The third-order valence-electron chi connectivity index (χ3n) is 8.73. The van der Waals surface area contributed by atoms with Gasteiger partial charge < -0.3 is 0 Å². The van der Waals surface area contributed by atoms with Crippen molar-refractivity contribution in [2.45, 2.75) is 220 Å². The highest BCUT2D eigenvalue weighted by atomic mass is 15.2. The summed E-state index contributed by atoms with van der Waals surface area (Å²) in [5.74, 6) is 0. The molecule has 0 aliphatic rings. The quantitative estimate of drug-likeness (QED) is 0.0951. The summed E-state index contributed by atoms with van der Waals surface area (Å²) in [6.07, 6.45) is 35.5. The Morgan fingerprint density at radius 1 is 0.333 bits per heavy atom. The predicted octanol–water partition coefficient (Wildman–Crippen LogP) is 12.7. The first-order valence-corrected chi connectivity index (χ1v) is 17.1. The van der Waals surface area contributed by atoms with Gasteiger partial charge >= 0.3 is 0 Å². The third-order valence-corrected chi connectivity index (χ3v) is 8.73. The summed E-state index contributed by atoms with van der Waals surface area (Å²) in [6.45, 7) is 18.4. The van der Waals surface area contributed by atoms with Crippen LogP contribution in [-0.2, 0) is 0 Å². The van der Waals surface area contributed by atoms with E-state index in [1.165, 1.54) is 167 Å². The second kappa shape index (κ2) is 24.0. The minimum Gasteiger partial charge on any atom is -0.293 e.